The highest BCUT2D eigenvalue weighted by atomic mass is 35.5. The van der Waals surface area contributed by atoms with Crippen molar-refractivity contribution >= 4 is 29.1 Å². The third-order valence-electron chi connectivity index (χ3n) is 3.11. The Bertz CT molecular complexity index is 882. The van der Waals surface area contributed by atoms with Crippen LogP contribution in [0.5, 0.6) is 0 Å². The summed E-state index contributed by atoms with van der Waals surface area (Å²) in [5.74, 6) is 0.420. The van der Waals surface area contributed by atoms with Gasteiger partial charge < -0.3 is 4.42 Å². The van der Waals surface area contributed by atoms with Crippen LogP contribution in [0.2, 0.25) is 5.02 Å². The molecular weight excluding hydrogens is 338 g/mol. The first kappa shape index (κ1) is 15.5. The van der Waals surface area contributed by atoms with Gasteiger partial charge >= 0.3 is 0 Å². The summed E-state index contributed by atoms with van der Waals surface area (Å²) in [6, 6.07) is 11.9. The number of halogens is 1. The zero-order valence-electron chi connectivity index (χ0n) is 11.9. The summed E-state index contributed by atoms with van der Waals surface area (Å²) in [6.45, 7) is 1.96. The average Bonchev–Trinajstić information content (AvgIpc) is 2.98. The van der Waals surface area contributed by atoms with E-state index in [1.807, 2.05) is 31.2 Å². The van der Waals surface area contributed by atoms with Gasteiger partial charge in [0.05, 0.1) is 9.95 Å². The molecule has 0 bridgehead atoms. The Kier molecular flexibility index (Phi) is 4.31. The maximum atomic E-state index is 10.7. The van der Waals surface area contributed by atoms with Crippen LogP contribution in [0.15, 0.2) is 57.0 Å². The minimum Gasteiger partial charge on any atom is -0.411 e. The highest BCUT2D eigenvalue weighted by Gasteiger charge is 2.15. The van der Waals surface area contributed by atoms with Gasteiger partial charge in [-0.2, -0.15) is 0 Å². The number of nitro benzene ring substituents is 1. The van der Waals surface area contributed by atoms with E-state index in [1.165, 1.54) is 12.1 Å². The molecule has 0 radical (unpaired) electrons. The van der Waals surface area contributed by atoms with Crippen molar-refractivity contribution in [3.8, 4) is 11.5 Å². The van der Waals surface area contributed by atoms with Gasteiger partial charge in [0, 0.05) is 22.6 Å². The molecule has 3 rings (SSSR count). The Morgan fingerprint density at radius 1 is 1.22 bits per heavy atom. The quantitative estimate of drug-likeness (QED) is 0.500. The smallest absolute Gasteiger partial charge is 0.281 e. The van der Waals surface area contributed by atoms with Gasteiger partial charge in [0.2, 0.25) is 5.89 Å². The molecule has 0 aliphatic heterocycles. The van der Waals surface area contributed by atoms with Crippen LogP contribution in [-0.2, 0) is 0 Å². The van der Waals surface area contributed by atoms with Crippen LogP contribution in [0, 0.1) is 17.0 Å². The second-order valence-electron chi connectivity index (χ2n) is 4.66. The molecule has 0 spiro atoms. The van der Waals surface area contributed by atoms with Crippen LogP contribution in [0.1, 0.15) is 5.56 Å². The number of rotatable bonds is 4. The molecule has 2 aromatic carbocycles. The zero-order chi connectivity index (χ0) is 16.4. The summed E-state index contributed by atoms with van der Waals surface area (Å²) in [4.78, 5) is 10.8. The minimum absolute atomic E-state index is 0.0644. The molecule has 0 saturated heterocycles. The van der Waals surface area contributed by atoms with Crippen LogP contribution in [0.4, 0.5) is 5.69 Å². The van der Waals surface area contributed by atoms with Crippen molar-refractivity contribution in [1.82, 2.24) is 10.2 Å². The van der Waals surface area contributed by atoms with Crippen LogP contribution >= 0.6 is 23.4 Å². The lowest BCUT2D eigenvalue weighted by molar-refractivity contribution is -0.384. The molecule has 0 amide bonds. The lowest BCUT2D eigenvalue weighted by Gasteiger charge is -2.00. The van der Waals surface area contributed by atoms with Gasteiger partial charge in [0.1, 0.15) is 0 Å². The Balaban J connectivity index is 1.85. The first-order valence-electron chi connectivity index (χ1n) is 6.56. The largest absolute Gasteiger partial charge is 0.411 e. The topological polar surface area (TPSA) is 82.1 Å². The van der Waals surface area contributed by atoms with E-state index >= 15 is 0 Å². The van der Waals surface area contributed by atoms with E-state index in [1.54, 1.807) is 6.07 Å². The van der Waals surface area contributed by atoms with Gasteiger partial charge in [-0.1, -0.05) is 29.8 Å². The number of benzene rings is 2. The van der Waals surface area contributed by atoms with Crippen LogP contribution < -0.4 is 0 Å². The van der Waals surface area contributed by atoms with Crippen molar-refractivity contribution in [3.05, 3.63) is 63.2 Å². The number of hydrogen-bond donors (Lipinski definition) is 0. The molecule has 0 aliphatic carbocycles. The van der Waals surface area contributed by atoms with Gasteiger partial charge in [-0.25, -0.2) is 0 Å². The second kappa shape index (κ2) is 6.39. The lowest BCUT2D eigenvalue weighted by atomic mass is 10.1. The van der Waals surface area contributed by atoms with Crippen molar-refractivity contribution in [2.45, 2.75) is 17.0 Å². The van der Waals surface area contributed by atoms with Crippen molar-refractivity contribution in [3.63, 3.8) is 0 Å². The zero-order valence-corrected chi connectivity index (χ0v) is 13.5. The molecule has 116 valence electrons. The maximum absolute atomic E-state index is 10.7. The summed E-state index contributed by atoms with van der Waals surface area (Å²) in [7, 11) is 0. The van der Waals surface area contributed by atoms with E-state index in [0.717, 1.165) is 22.9 Å². The molecule has 0 saturated carbocycles. The number of hydrogen-bond acceptors (Lipinski definition) is 6. The summed E-state index contributed by atoms with van der Waals surface area (Å²) < 4.78 is 5.64. The summed E-state index contributed by atoms with van der Waals surface area (Å²) in [5, 5.41) is 19.3. The van der Waals surface area contributed by atoms with Gasteiger partial charge in [0.15, 0.2) is 0 Å². The molecule has 6 nitrogen and oxygen atoms in total. The molecule has 0 fully saturated rings. The van der Waals surface area contributed by atoms with Crippen LogP contribution in [0.3, 0.4) is 0 Å². The van der Waals surface area contributed by atoms with E-state index in [4.69, 9.17) is 16.0 Å². The summed E-state index contributed by atoms with van der Waals surface area (Å²) >= 11 is 7.22. The monoisotopic (exact) mass is 347 g/mol. The Hall–Kier alpha value is -2.38. The molecule has 1 aromatic heterocycles. The van der Waals surface area contributed by atoms with Gasteiger partial charge in [0.25, 0.3) is 10.9 Å². The van der Waals surface area contributed by atoms with Crippen LogP contribution in [-0.4, -0.2) is 15.1 Å². The second-order valence-corrected chi connectivity index (χ2v) is 6.06. The Morgan fingerprint density at radius 3 is 2.70 bits per heavy atom. The van der Waals surface area contributed by atoms with E-state index in [9.17, 15) is 10.1 Å². The molecule has 0 unspecified atom stereocenters. The molecular formula is C15H10ClN3O3S. The Labute approximate surface area is 140 Å². The van der Waals surface area contributed by atoms with Gasteiger partial charge in [-0.15, -0.1) is 10.2 Å². The lowest BCUT2D eigenvalue weighted by Crippen LogP contribution is -1.87. The average molecular weight is 348 g/mol. The van der Waals surface area contributed by atoms with Gasteiger partial charge in [-0.3, -0.25) is 10.1 Å². The predicted octanol–water partition coefficient (Wildman–Crippen LogP) is 4.76. The van der Waals surface area contributed by atoms with Gasteiger partial charge in [-0.05, 0) is 36.4 Å². The number of aromatic nitrogens is 2. The highest BCUT2D eigenvalue weighted by Crippen LogP contribution is 2.35. The first-order chi connectivity index (χ1) is 11.0. The summed E-state index contributed by atoms with van der Waals surface area (Å²) in [6.07, 6.45) is 0. The number of nitro groups is 1. The number of non-ortho nitro benzene ring substituents is 1. The number of aryl methyl sites for hydroxylation is 1. The van der Waals surface area contributed by atoms with Crippen molar-refractivity contribution < 1.29 is 9.34 Å². The fraction of sp³-hybridized carbons (Fsp3) is 0.0667. The summed E-state index contributed by atoms with van der Waals surface area (Å²) in [5.41, 5.74) is 1.83. The van der Waals surface area contributed by atoms with E-state index in [0.29, 0.717) is 16.0 Å². The molecule has 23 heavy (non-hydrogen) atoms. The Morgan fingerprint density at radius 2 is 2.00 bits per heavy atom. The highest BCUT2D eigenvalue weighted by molar-refractivity contribution is 7.99. The molecule has 0 atom stereocenters. The molecule has 8 heteroatoms. The molecule has 3 aromatic rings. The van der Waals surface area contributed by atoms with Crippen molar-refractivity contribution in [1.29, 1.82) is 0 Å². The maximum Gasteiger partial charge on any atom is 0.281 e. The van der Waals surface area contributed by atoms with E-state index in [2.05, 4.69) is 10.2 Å². The van der Waals surface area contributed by atoms with Crippen LogP contribution in [0.25, 0.3) is 11.5 Å². The van der Waals surface area contributed by atoms with Crippen molar-refractivity contribution in [2.75, 3.05) is 0 Å². The SMILES string of the molecule is Cc1ccccc1-c1nnc(Sc2ccc([N+](=O)[O-])cc2Cl)o1. The third kappa shape index (κ3) is 3.35. The third-order valence-corrected chi connectivity index (χ3v) is 4.45. The molecule has 1 heterocycles. The first-order valence-corrected chi connectivity index (χ1v) is 7.75. The fourth-order valence-electron chi connectivity index (χ4n) is 1.95. The van der Waals surface area contributed by atoms with E-state index < -0.39 is 4.92 Å². The molecule has 0 N–H and O–H groups in total. The fourth-order valence-corrected chi connectivity index (χ4v) is 2.93. The number of nitrogens with zero attached hydrogens (tertiary/aromatic N) is 3. The minimum atomic E-state index is -0.497. The molecule has 0 aliphatic rings. The van der Waals surface area contributed by atoms with E-state index in [-0.39, 0.29) is 10.7 Å². The van der Waals surface area contributed by atoms with Crippen molar-refractivity contribution in [2.24, 2.45) is 0 Å². The standard InChI is InChI=1S/C15H10ClN3O3S/c1-9-4-2-3-5-11(9)14-17-18-15(22-14)23-13-7-6-10(19(20)21)8-12(13)16/h2-8H,1H3. The normalized spacial score (nSPS) is 10.7. The predicted molar refractivity (Wildman–Crippen MR) is 86.7 cm³/mol.